The zero-order valence-corrected chi connectivity index (χ0v) is 19.6. The minimum Gasteiger partial charge on any atom is -0.496 e. The maximum atomic E-state index is 12.3. The van der Waals surface area contributed by atoms with Crippen LogP contribution in [0.1, 0.15) is 47.2 Å². The second-order valence-corrected chi connectivity index (χ2v) is 9.41. The van der Waals surface area contributed by atoms with Gasteiger partial charge in [-0.15, -0.1) is 0 Å². The molecule has 176 valence electrons. The van der Waals surface area contributed by atoms with Crippen LogP contribution in [0.2, 0.25) is 0 Å². The van der Waals surface area contributed by atoms with Gasteiger partial charge in [-0.3, -0.25) is 9.69 Å². The summed E-state index contributed by atoms with van der Waals surface area (Å²) >= 11 is 0. The average Bonchev–Trinajstić information content (AvgIpc) is 2.80. The molecule has 0 spiro atoms. The smallest absolute Gasteiger partial charge is 0.251 e. The number of carbonyl (C=O) groups excluding carboxylic acids is 1. The Bertz CT molecular complexity index is 992. The van der Waals surface area contributed by atoms with Gasteiger partial charge in [0.1, 0.15) is 5.75 Å². The van der Waals surface area contributed by atoms with E-state index in [2.05, 4.69) is 22.1 Å². The van der Waals surface area contributed by atoms with Crippen molar-refractivity contribution in [2.75, 3.05) is 26.7 Å². The van der Waals surface area contributed by atoms with E-state index >= 15 is 0 Å². The van der Waals surface area contributed by atoms with Gasteiger partial charge in [0, 0.05) is 36.0 Å². The van der Waals surface area contributed by atoms with Gasteiger partial charge in [0.25, 0.3) is 5.91 Å². The summed E-state index contributed by atoms with van der Waals surface area (Å²) in [5.74, 6) is 0.682. The molecular weight excluding hydrogens is 414 g/mol. The van der Waals surface area contributed by atoms with E-state index in [9.17, 15) is 9.90 Å². The predicted molar refractivity (Wildman–Crippen MR) is 130 cm³/mol. The first kappa shape index (κ1) is 23.3. The van der Waals surface area contributed by atoms with Crippen LogP contribution in [0.4, 0.5) is 0 Å². The van der Waals surface area contributed by atoms with Gasteiger partial charge in [-0.1, -0.05) is 42.5 Å². The van der Waals surface area contributed by atoms with Crippen molar-refractivity contribution in [3.05, 3.63) is 77.5 Å². The molecule has 6 nitrogen and oxygen atoms in total. The van der Waals surface area contributed by atoms with E-state index in [4.69, 9.17) is 4.74 Å². The van der Waals surface area contributed by atoms with Crippen LogP contribution in [0.3, 0.4) is 0 Å². The maximum Gasteiger partial charge on any atom is 0.251 e. The minimum absolute atomic E-state index is 0.0818. The van der Waals surface area contributed by atoms with Gasteiger partial charge in [-0.2, -0.15) is 0 Å². The number of nitrogens with one attached hydrogen (secondary N) is 2. The molecule has 1 aliphatic carbocycles. The van der Waals surface area contributed by atoms with E-state index in [1.807, 2.05) is 55.5 Å². The van der Waals surface area contributed by atoms with Crippen molar-refractivity contribution in [1.82, 2.24) is 15.5 Å². The van der Waals surface area contributed by atoms with Crippen molar-refractivity contribution in [3.63, 3.8) is 0 Å². The van der Waals surface area contributed by atoms with Crippen molar-refractivity contribution >= 4 is 5.91 Å². The molecule has 33 heavy (non-hydrogen) atoms. The van der Waals surface area contributed by atoms with Crippen LogP contribution in [0.5, 0.6) is 5.75 Å². The number of aryl methyl sites for hydroxylation is 1. The molecular formula is C27H35N3O3. The number of ether oxygens (including phenoxy) is 1. The number of nitrogens with zero attached hydrogens (tertiary/aromatic N) is 1. The molecule has 1 amide bonds. The number of carbonyl (C=O) groups is 1. The Hall–Kier alpha value is -2.83. The molecule has 2 aliphatic rings. The highest BCUT2D eigenvalue weighted by Gasteiger charge is 2.41. The Morgan fingerprint density at radius 1 is 1.18 bits per heavy atom. The number of amides is 1. The summed E-state index contributed by atoms with van der Waals surface area (Å²) in [6.07, 6.45) is 3.41. The van der Waals surface area contributed by atoms with E-state index in [1.165, 1.54) is 0 Å². The standard InChI is InChI=1S/C27H35N3O3/c1-19-7-6-8-21(15-19)26(31)28-16-20(2)29-22-17-30(18-22)23-11-13-27(32,14-12-23)24-9-4-5-10-25(24)33-3/h4-10,15,22-23,29,32H,2,11-14,16-18H2,1,3H3,(H,28,31). The third kappa shape index (κ3) is 5.40. The number of aliphatic hydroxyl groups is 1. The van der Waals surface area contributed by atoms with E-state index in [0.29, 0.717) is 24.2 Å². The summed E-state index contributed by atoms with van der Waals surface area (Å²) in [7, 11) is 1.66. The molecule has 0 atom stereocenters. The number of hydrogen-bond acceptors (Lipinski definition) is 5. The fraction of sp³-hybridized carbons (Fsp3) is 0.444. The Kier molecular flexibility index (Phi) is 7.05. The van der Waals surface area contributed by atoms with Gasteiger partial charge >= 0.3 is 0 Å². The summed E-state index contributed by atoms with van der Waals surface area (Å²) in [6, 6.07) is 16.2. The van der Waals surface area contributed by atoms with Crippen molar-refractivity contribution in [2.24, 2.45) is 0 Å². The molecule has 1 saturated carbocycles. The van der Waals surface area contributed by atoms with Crippen molar-refractivity contribution in [1.29, 1.82) is 0 Å². The summed E-state index contributed by atoms with van der Waals surface area (Å²) < 4.78 is 5.47. The second-order valence-electron chi connectivity index (χ2n) is 9.41. The van der Waals surface area contributed by atoms with Crippen LogP contribution in [0.15, 0.2) is 60.8 Å². The lowest BCUT2D eigenvalue weighted by atomic mass is 9.76. The van der Waals surface area contributed by atoms with E-state index < -0.39 is 5.60 Å². The van der Waals surface area contributed by atoms with Crippen LogP contribution in [0, 0.1) is 6.92 Å². The third-order valence-electron chi connectivity index (χ3n) is 6.97. The molecule has 1 saturated heterocycles. The zero-order chi connectivity index (χ0) is 23.4. The number of rotatable bonds is 8. The van der Waals surface area contributed by atoms with Gasteiger partial charge in [0.15, 0.2) is 0 Å². The number of benzene rings is 2. The molecule has 2 aromatic rings. The highest BCUT2D eigenvalue weighted by Crippen LogP contribution is 2.42. The average molecular weight is 450 g/mol. The number of methoxy groups -OCH3 is 1. The Morgan fingerprint density at radius 3 is 2.61 bits per heavy atom. The van der Waals surface area contributed by atoms with Crippen molar-refractivity contribution < 1.29 is 14.6 Å². The predicted octanol–water partition coefficient (Wildman–Crippen LogP) is 3.35. The first-order valence-electron chi connectivity index (χ1n) is 11.8. The zero-order valence-electron chi connectivity index (χ0n) is 19.6. The Morgan fingerprint density at radius 2 is 1.91 bits per heavy atom. The minimum atomic E-state index is -0.810. The van der Waals surface area contributed by atoms with E-state index in [-0.39, 0.29) is 5.91 Å². The molecule has 1 heterocycles. The van der Waals surface area contributed by atoms with Gasteiger partial charge in [0.05, 0.1) is 25.3 Å². The SMILES string of the molecule is C=C(CNC(=O)c1cccc(C)c1)NC1CN(C2CCC(O)(c3ccccc3OC)CC2)C1. The second kappa shape index (κ2) is 9.98. The van der Waals surface area contributed by atoms with Crippen LogP contribution in [-0.4, -0.2) is 54.7 Å². The summed E-state index contributed by atoms with van der Waals surface area (Å²) in [4.78, 5) is 14.8. The van der Waals surface area contributed by atoms with Crippen LogP contribution in [-0.2, 0) is 5.60 Å². The molecule has 0 unspecified atom stereocenters. The molecule has 0 radical (unpaired) electrons. The molecule has 2 fully saturated rings. The topological polar surface area (TPSA) is 73.8 Å². The fourth-order valence-corrected chi connectivity index (χ4v) is 5.06. The molecule has 0 aromatic heterocycles. The maximum absolute atomic E-state index is 12.3. The Balaban J connectivity index is 1.19. The van der Waals surface area contributed by atoms with Crippen molar-refractivity contribution in [3.8, 4) is 5.75 Å². The van der Waals surface area contributed by atoms with Crippen molar-refractivity contribution in [2.45, 2.75) is 50.3 Å². The molecule has 3 N–H and O–H groups in total. The van der Waals surface area contributed by atoms with Crippen LogP contribution in [0.25, 0.3) is 0 Å². The molecule has 4 rings (SSSR count). The first-order chi connectivity index (χ1) is 15.9. The molecule has 1 aliphatic heterocycles. The van der Waals surface area contributed by atoms with Gasteiger partial charge in [-0.05, 0) is 50.8 Å². The molecule has 2 aromatic carbocycles. The number of likely N-dealkylation sites (tertiary alicyclic amines) is 1. The first-order valence-corrected chi connectivity index (χ1v) is 11.8. The van der Waals surface area contributed by atoms with Crippen LogP contribution >= 0.6 is 0 Å². The molecule has 0 bridgehead atoms. The van der Waals surface area contributed by atoms with Gasteiger partial charge in [0.2, 0.25) is 0 Å². The highest BCUT2D eigenvalue weighted by atomic mass is 16.5. The van der Waals surface area contributed by atoms with E-state index in [0.717, 1.165) is 61.3 Å². The lowest BCUT2D eigenvalue weighted by Crippen LogP contribution is -2.62. The Labute approximate surface area is 196 Å². The monoisotopic (exact) mass is 449 g/mol. The molecule has 6 heteroatoms. The fourth-order valence-electron chi connectivity index (χ4n) is 5.06. The van der Waals surface area contributed by atoms with E-state index in [1.54, 1.807) is 7.11 Å². The summed E-state index contributed by atoms with van der Waals surface area (Å²) in [5.41, 5.74) is 2.66. The number of para-hydroxylation sites is 1. The number of hydrogen-bond donors (Lipinski definition) is 3. The largest absolute Gasteiger partial charge is 0.496 e. The van der Waals surface area contributed by atoms with Crippen LogP contribution < -0.4 is 15.4 Å². The highest BCUT2D eigenvalue weighted by molar-refractivity contribution is 5.94. The summed E-state index contributed by atoms with van der Waals surface area (Å²) in [5, 5.41) is 17.6. The lowest BCUT2D eigenvalue weighted by molar-refractivity contribution is -0.0407. The normalized spacial score (nSPS) is 23.4. The lowest BCUT2D eigenvalue weighted by Gasteiger charge is -2.48. The third-order valence-corrected chi connectivity index (χ3v) is 6.97. The van der Waals surface area contributed by atoms with Gasteiger partial charge < -0.3 is 20.5 Å². The van der Waals surface area contributed by atoms with Gasteiger partial charge in [-0.25, -0.2) is 0 Å². The quantitative estimate of drug-likeness (QED) is 0.576. The summed E-state index contributed by atoms with van der Waals surface area (Å²) in [6.45, 7) is 8.39.